The highest BCUT2D eigenvalue weighted by Crippen LogP contribution is 2.14. The van der Waals surface area contributed by atoms with Gasteiger partial charge in [-0.25, -0.2) is 0 Å². The number of benzene rings is 1. The number of amides is 3. The first-order chi connectivity index (χ1) is 17.0. The van der Waals surface area contributed by atoms with Gasteiger partial charge in [0.15, 0.2) is 0 Å². The van der Waals surface area contributed by atoms with Gasteiger partial charge in [0.25, 0.3) is 0 Å². The molecule has 0 aliphatic carbocycles. The molecule has 0 heterocycles. The SMILES string of the molecule is CCN(C(=O)[C@H](CCC(=O)O)NC(=O)[C@H](Cc1ccccc1)N(C)C(=O)[C@@H](N)C(C)C)[C@@H](C=O)CN. The van der Waals surface area contributed by atoms with E-state index >= 15 is 0 Å². The van der Waals surface area contributed by atoms with Crippen LogP contribution in [0.3, 0.4) is 0 Å². The Hall–Kier alpha value is -3.31. The highest BCUT2D eigenvalue weighted by atomic mass is 16.4. The van der Waals surface area contributed by atoms with Crippen molar-refractivity contribution in [2.24, 2.45) is 17.4 Å². The Morgan fingerprint density at radius 2 is 1.72 bits per heavy atom. The summed E-state index contributed by atoms with van der Waals surface area (Å²) in [4.78, 5) is 64.9. The summed E-state index contributed by atoms with van der Waals surface area (Å²) in [6, 6.07) is 5.04. The van der Waals surface area contributed by atoms with Crippen molar-refractivity contribution < 1.29 is 29.1 Å². The van der Waals surface area contributed by atoms with Crippen molar-refractivity contribution in [2.75, 3.05) is 20.1 Å². The molecule has 11 heteroatoms. The molecule has 4 atom stereocenters. The summed E-state index contributed by atoms with van der Waals surface area (Å²) in [6.07, 6.45) is 0.0962. The number of carbonyl (C=O) groups excluding carboxylic acids is 4. The normalized spacial score (nSPS) is 14.3. The maximum Gasteiger partial charge on any atom is 0.303 e. The van der Waals surface area contributed by atoms with Crippen LogP contribution in [0.2, 0.25) is 0 Å². The molecule has 1 aromatic carbocycles. The van der Waals surface area contributed by atoms with Gasteiger partial charge in [0.05, 0.1) is 12.1 Å². The number of hydrogen-bond donors (Lipinski definition) is 4. The summed E-state index contributed by atoms with van der Waals surface area (Å²) in [5.74, 6) is -3.01. The molecule has 36 heavy (non-hydrogen) atoms. The first-order valence-corrected chi connectivity index (χ1v) is 12.0. The molecule has 0 bridgehead atoms. The summed E-state index contributed by atoms with van der Waals surface area (Å²) in [5, 5.41) is 11.8. The number of carboxylic acid groups (broad SMARTS) is 1. The maximum absolute atomic E-state index is 13.5. The Morgan fingerprint density at radius 3 is 2.19 bits per heavy atom. The van der Waals surface area contributed by atoms with E-state index in [2.05, 4.69) is 5.32 Å². The van der Waals surface area contributed by atoms with Crippen molar-refractivity contribution in [1.29, 1.82) is 0 Å². The van der Waals surface area contributed by atoms with Crippen molar-refractivity contribution in [1.82, 2.24) is 15.1 Å². The smallest absolute Gasteiger partial charge is 0.303 e. The van der Waals surface area contributed by atoms with Crippen LogP contribution in [0.5, 0.6) is 0 Å². The fourth-order valence-corrected chi connectivity index (χ4v) is 3.72. The van der Waals surface area contributed by atoms with Gasteiger partial charge in [-0.2, -0.15) is 0 Å². The minimum atomic E-state index is -1.23. The summed E-state index contributed by atoms with van der Waals surface area (Å²) in [7, 11) is 1.47. The second kappa shape index (κ2) is 14.9. The Kier molecular flexibility index (Phi) is 12.8. The lowest BCUT2D eigenvalue weighted by atomic mass is 9.99. The van der Waals surface area contributed by atoms with Crippen molar-refractivity contribution >= 4 is 30.0 Å². The molecule has 0 spiro atoms. The first kappa shape index (κ1) is 30.7. The van der Waals surface area contributed by atoms with E-state index in [1.54, 1.807) is 32.9 Å². The van der Waals surface area contributed by atoms with E-state index in [9.17, 15) is 29.1 Å². The second-order valence-corrected chi connectivity index (χ2v) is 8.98. The predicted octanol–water partition coefficient (Wildman–Crippen LogP) is -0.236. The van der Waals surface area contributed by atoms with E-state index in [4.69, 9.17) is 11.5 Å². The Labute approximate surface area is 212 Å². The lowest BCUT2D eigenvalue weighted by molar-refractivity contribution is -0.144. The van der Waals surface area contributed by atoms with Crippen LogP contribution in [0.15, 0.2) is 30.3 Å². The van der Waals surface area contributed by atoms with E-state index in [-0.39, 0.29) is 38.3 Å². The molecule has 1 aromatic rings. The van der Waals surface area contributed by atoms with Crippen molar-refractivity contribution in [3.05, 3.63) is 35.9 Å². The number of carbonyl (C=O) groups is 5. The minimum absolute atomic E-state index is 0.121. The number of aldehydes is 1. The zero-order valence-corrected chi connectivity index (χ0v) is 21.4. The molecular formula is C25H39N5O6. The fourth-order valence-electron chi connectivity index (χ4n) is 3.72. The standard InChI is InChI=1S/C25H39N5O6/c1-5-30(18(14-26)15-31)24(35)19(11-12-21(32)33)28-23(34)20(13-17-9-7-6-8-10-17)29(4)25(36)22(27)16(2)3/h6-10,15-16,18-20,22H,5,11-14,26-27H2,1-4H3,(H,28,34)(H,32,33)/t18-,19+,20+,22+/m1/s1. The van der Waals surface area contributed by atoms with E-state index in [1.807, 2.05) is 18.2 Å². The van der Waals surface area contributed by atoms with Crippen LogP contribution in [-0.4, -0.2) is 89.2 Å². The van der Waals surface area contributed by atoms with Gasteiger partial charge in [-0.1, -0.05) is 44.2 Å². The highest BCUT2D eigenvalue weighted by Gasteiger charge is 2.35. The number of rotatable bonds is 15. The number of likely N-dealkylation sites (N-methyl/N-ethyl adjacent to an activating group) is 2. The van der Waals surface area contributed by atoms with Gasteiger partial charge in [-0.15, -0.1) is 0 Å². The fraction of sp³-hybridized carbons (Fsp3) is 0.560. The third kappa shape index (κ3) is 8.72. The molecule has 0 saturated heterocycles. The van der Waals surface area contributed by atoms with Gasteiger partial charge in [-0.3, -0.25) is 19.2 Å². The third-order valence-electron chi connectivity index (χ3n) is 6.08. The Bertz CT molecular complexity index is 894. The lowest BCUT2D eigenvalue weighted by Gasteiger charge is -2.33. The first-order valence-electron chi connectivity index (χ1n) is 12.0. The molecule has 6 N–H and O–H groups in total. The number of carboxylic acids is 1. The predicted molar refractivity (Wildman–Crippen MR) is 135 cm³/mol. The van der Waals surface area contributed by atoms with Crippen LogP contribution < -0.4 is 16.8 Å². The summed E-state index contributed by atoms with van der Waals surface area (Å²) in [5.41, 5.74) is 12.4. The van der Waals surface area contributed by atoms with Crippen molar-refractivity contribution in [3.63, 3.8) is 0 Å². The molecule has 0 aromatic heterocycles. The molecule has 0 saturated carbocycles. The van der Waals surface area contributed by atoms with Gasteiger partial charge in [0.2, 0.25) is 17.7 Å². The monoisotopic (exact) mass is 505 g/mol. The highest BCUT2D eigenvalue weighted by molar-refractivity contribution is 5.94. The number of nitrogens with zero attached hydrogens (tertiary/aromatic N) is 2. The van der Waals surface area contributed by atoms with Crippen LogP contribution in [0, 0.1) is 5.92 Å². The van der Waals surface area contributed by atoms with E-state index in [0.717, 1.165) is 5.56 Å². The number of hydrogen-bond acceptors (Lipinski definition) is 7. The van der Waals surface area contributed by atoms with E-state index in [1.165, 1.54) is 16.8 Å². The molecule has 1 rings (SSSR count). The molecule has 200 valence electrons. The van der Waals surface area contributed by atoms with Crippen LogP contribution in [0.25, 0.3) is 0 Å². The number of aliphatic carboxylic acids is 1. The average Bonchev–Trinajstić information content (AvgIpc) is 2.86. The molecule has 11 nitrogen and oxygen atoms in total. The van der Waals surface area contributed by atoms with Crippen LogP contribution in [-0.2, 0) is 30.4 Å². The Balaban J connectivity index is 3.31. The molecule has 0 aliphatic rings. The molecule has 0 radical (unpaired) electrons. The van der Waals surface area contributed by atoms with Crippen LogP contribution >= 0.6 is 0 Å². The minimum Gasteiger partial charge on any atom is -0.481 e. The van der Waals surface area contributed by atoms with Gasteiger partial charge in [0.1, 0.15) is 18.4 Å². The molecule has 0 aliphatic heterocycles. The number of nitrogens with two attached hydrogens (primary N) is 2. The maximum atomic E-state index is 13.5. The van der Waals surface area contributed by atoms with Gasteiger partial charge < -0.3 is 36.5 Å². The summed E-state index contributed by atoms with van der Waals surface area (Å²) < 4.78 is 0. The zero-order chi connectivity index (χ0) is 27.4. The molecule has 3 amide bonds. The van der Waals surface area contributed by atoms with Crippen LogP contribution in [0.4, 0.5) is 0 Å². The third-order valence-corrected chi connectivity index (χ3v) is 6.08. The number of nitrogens with one attached hydrogen (secondary N) is 1. The summed E-state index contributed by atoms with van der Waals surface area (Å²) >= 11 is 0. The zero-order valence-electron chi connectivity index (χ0n) is 21.4. The van der Waals surface area contributed by atoms with Crippen LogP contribution in [0.1, 0.15) is 39.2 Å². The van der Waals surface area contributed by atoms with E-state index < -0.39 is 47.9 Å². The average molecular weight is 506 g/mol. The quantitative estimate of drug-likeness (QED) is 0.236. The van der Waals surface area contributed by atoms with Gasteiger partial charge in [-0.05, 0) is 24.8 Å². The summed E-state index contributed by atoms with van der Waals surface area (Å²) in [6.45, 7) is 5.25. The van der Waals surface area contributed by atoms with E-state index in [0.29, 0.717) is 6.29 Å². The van der Waals surface area contributed by atoms with Gasteiger partial charge >= 0.3 is 5.97 Å². The largest absolute Gasteiger partial charge is 0.481 e. The molecular weight excluding hydrogens is 466 g/mol. The Morgan fingerprint density at radius 1 is 1.11 bits per heavy atom. The van der Waals surface area contributed by atoms with Crippen molar-refractivity contribution in [2.45, 2.75) is 64.2 Å². The lowest BCUT2D eigenvalue weighted by Crippen LogP contribution is -2.59. The molecule has 0 fully saturated rings. The molecule has 0 unspecified atom stereocenters. The second-order valence-electron chi connectivity index (χ2n) is 8.98. The van der Waals surface area contributed by atoms with Crippen molar-refractivity contribution in [3.8, 4) is 0 Å². The topological polar surface area (TPSA) is 176 Å². The van der Waals surface area contributed by atoms with Gasteiger partial charge in [0, 0.05) is 33.0 Å².